The number of nitrogens with zero attached hydrogens (tertiary/aromatic N) is 1. The van der Waals surface area contributed by atoms with Crippen molar-refractivity contribution in [3.8, 4) is 17.1 Å². The van der Waals surface area contributed by atoms with Gasteiger partial charge in [-0.05, 0) is 24.3 Å². The van der Waals surface area contributed by atoms with E-state index in [1.165, 1.54) is 0 Å². The third-order valence-corrected chi connectivity index (χ3v) is 4.36. The molecule has 0 spiro atoms. The van der Waals surface area contributed by atoms with Gasteiger partial charge in [0.1, 0.15) is 5.75 Å². The largest absolute Gasteiger partial charge is 0.496 e. The van der Waals surface area contributed by atoms with Crippen molar-refractivity contribution >= 4 is 23.4 Å². The third-order valence-electron chi connectivity index (χ3n) is 3.08. The molecule has 1 aromatic heterocycles. The number of methoxy groups -OCH3 is 1. The summed E-state index contributed by atoms with van der Waals surface area (Å²) < 4.78 is 11.1. The van der Waals surface area contributed by atoms with Crippen LogP contribution >= 0.6 is 23.4 Å². The van der Waals surface area contributed by atoms with E-state index in [-0.39, 0.29) is 0 Å². The van der Waals surface area contributed by atoms with Crippen LogP contribution in [0.3, 0.4) is 0 Å². The molecule has 3 aromatic rings. The maximum Gasteiger partial charge on any atom is 0.205 e. The van der Waals surface area contributed by atoms with E-state index >= 15 is 0 Å². The van der Waals surface area contributed by atoms with Gasteiger partial charge in [0.15, 0.2) is 5.76 Å². The van der Waals surface area contributed by atoms with E-state index in [9.17, 15) is 0 Å². The number of benzene rings is 2. The lowest BCUT2D eigenvalue weighted by Crippen LogP contribution is -1.86. The first-order valence-corrected chi connectivity index (χ1v) is 8.09. The SMILES string of the molecule is COc1ccccc1SCc1ncc(-c2cccc(Cl)c2)o1. The van der Waals surface area contributed by atoms with Crippen molar-refractivity contribution in [3.05, 3.63) is 65.6 Å². The van der Waals surface area contributed by atoms with E-state index in [0.29, 0.717) is 16.7 Å². The molecule has 0 fully saturated rings. The maximum atomic E-state index is 6.00. The van der Waals surface area contributed by atoms with Crippen LogP contribution in [0, 0.1) is 0 Å². The predicted octanol–water partition coefficient (Wildman–Crippen LogP) is 5.30. The van der Waals surface area contributed by atoms with Gasteiger partial charge in [-0.3, -0.25) is 0 Å². The highest BCUT2D eigenvalue weighted by Gasteiger charge is 2.09. The molecule has 3 nitrogen and oxygen atoms in total. The van der Waals surface area contributed by atoms with Gasteiger partial charge >= 0.3 is 0 Å². The summed E-state index contributed by atoms with van der Waals surface area (Å²) >= 11 is 7.63. The number of ether oxygens (including phenoxy) is 1. The fourth-order valence-corrected chi connectivity index (χ4v) is 3.10. The third kappa shape index (κ3) is 3.46. The van der Waals surface area contributed by atoms with Gasteiger partial charge in [0.05, 0.1) is 19.1 Å². The second-order valence-electron chi connectivity index (χ2n) is 4.57. The van der Waals surface area contributed by atoms with Crippen LogP contribution in [0.15, 0.2) is 64.0 Å². The van der Waals surface area contributed by atoms with E-state index in [1.54, 1.807) is 25.1 Å². The second-order valence-corrected chi connectivity index (χ2v) is 6.02. The topological polar surface area (TPSA) is 35.3 Å². The van der Waals surface area contributed by atoms with Crippen LogP contribution in [0.2, 0.25) is 5.02 Å². The normalized spacial score (nSPS) is 10.6. The van der Waals surface area contributed by atoms with Gasteiger partial charge in [0.2, 0.25) is 5.89 Å². The first-order chi connectivity index (χ1) is 10.8. The average molecular weight is 332 g/mol. The smallest absolute Gasteiger partial charge is 0.205 e. The highest BCUT2D eigenvalue weighted by atomic mass is 35.5. The van der Waals surface area contributed by atoms with Crippen molar-refractivity contribution in [2.45, 2.75) is 10.6 Å². The number of halogens is 1. The van der Waals surface area contributed by atoms with Crippen LogP contribution < -0.4 is 4.74 Å². The lowest BCUT2D eigenvalue weighted by atomic mass is 10.2. The zero-order valence-electron chi connectivity index (χ0n) is 12.0. The summed E-state index contributed by atoms with van der Waals surface area (Å²) in [7, 11) is 1.67. The molecular weight excluding hydrogens is 318 g/mol. The fraction of sp³-hybridized carbons (Fsp3) is 0.118. The summed E-state index contributed by atoms with van der Waals surface area (Å²) in [5.41, 5.74) is 0.925. The molecule has 0 saturated heterocycles. The molecule has 0 N–H and O–H groups in total. The van der Waals surface area contributed by atoms with E-state index in [2.05, 4.69) is 4.98 Å². The number of para-hydroxylation sites is 1. The molecule has 0 aliphatic rings. The Hall–Kier alpha value is -1.91. The molecule has 0 radical (unpaired) electrons. The summed E-state index contributed by atoms with van der Waals surface area (Å²) in [6.45, 7) is 0. The van der Waals surface area contributed by atoms with Gasteiger partial charge in [0.25, 0.3) is 0 Å². The number of thioether (sulfide) groups is 1. The molecule has 0 amide bonds. The molecule has 0 bridgehead atoms. The Bertz CT molecular complexity index is 773. The Morgan fingerprint density at radius 1 is 1.18 bits per heavy atom. The average Bonchev–Trinajstić information content (AvgIpc) is 3.02. The van der Waals surface area contributed by atoms with E-state index in [0.717, 1.165) is 22.0 Å². The number of hydrogen-bond acceptors (Lipinski definition) is 4. The van der Waals surface area contributed by atoms with Crippen LogP contribution in [0.25, 0.3) is 11.3 Å². The fourth-order valence-electron chi connectivity index (χ4n) is 2.03. The van der Waals surface area contributed by atoms with Crippen molar-refractivity contribution in [2.24, 2.45) is 0 Å². The van der Waals surface area contributed by atoms with Crippen LogP contribution in [-0.2, 0) is 5.75 Å². The molecule has 0 aliphatic heterocycles. The monoisotopic (exact) mass is 331 g/mol. The van der Waals surface area contributed by atoms with Gasteiger partial charge in [0, 0.05) is 15.5 Å². The summed E-state index contributed by atoms with van der Waals surface area (Å²) in [4.78, 5) is 5.38. The summed E-state index contributed by atoms with van der Waals surface area (Å²) in [6, 6.07) is 15.4. The molecule has 0 aliphatic carbocycles. The molecule has 1 heterocycles. The number of rotatable bonds is 5. The van der Waals surface area contributed by atoms with E-state index in [1.807, 2.05) is 48.5 Å². The molecule has 22 heavy (non-hydrogen) atoms. The van der Waals surface area contributed by atoms with Crippen molar-refractivity contribution in [2.75, 3.05) is 7.11 Å². The van der Waals surface area contributed by atoms with Gasteiger partial charge in [-0.15, -0.1) is 11.8 Å². The van der Waals surface area contributed by atoms with Crippen LogP contribution in [0.1, 0.15) is 5.89 Å². The molecule has 3 rings (SSSR count). The van der Waals surface area contributed by atoms with E-state index < -0.39 is 0 Å². The van der Waals surface area contributed by atoms with Gasteiger partial charge < -0.3 is 9.15 Å². The minimum Gasteiger partial charge on any atom is -0.496 e. The Balaban J connectivity index is 1.72. The highest BCUT2D eigenvalue weighted by Crippen LogP contribution is 2.32. The quantitative estimate of drug-likeness (QED) is 0.594. The van der Waals surface area contributed by atoms with Crippen molar-refractivity contribution in [1.82, 2.24) is 4.98 Å². The van der Waals surface area contributed by atoms with Crippen molar-refractivity contribution in [1.29, 1.82) is 0 Å². The van der Waals surface area contributed by atoms with Crippen LogP contribution in [0.5, 0.6) is 5.75 Å². The van der Waals surface area contributed by atoms with Crippen LogP contribution in [0.4, 0.5) is 0 Å². The Labute approximate surface area is 138 Å². The van der Waals surface area contributed by atoms with Gasteiger partial charge in [-0.25, -0.2) is 4.98 Å². The highest BCUT2D eigenvalue weighted by molar-refractivity contribution is 7.98. The zero-order chi connectivity index (χ0) is 15.4. The number of aromatic nitrogens is 1. The standard InChI is InChI=1S/C17H14ClNO2S/c1-20-14-7-2-3-8-16(14)22-11-17-19-10-15(21-17)12-5-4-6-13(18)9-12/h2-10H,11H2,1H3. The summed E-state index contributed by atoms with van der Waals surface area (Å²) in [5, 5.41) is 0.679. The molecular formula is C17H14ClNO2S. The molecule has 0 atom stereocenters. The molecule has 2 aromatic carbocycles. The Morgan fingerprint density at radius 2 is 2.05 bits per heavy atom. The number of hydrogen-bond donors (Lipinski definition) is 0. The molecule has 0 unspecified atom stereocenters. The zero-order valence-corrected chi connectivity index (χ0v) is 13.5. The maximum absolute atomic E-state index is 6.00. The van der Waals surface area contributed by atoms with E-state index in [4.69, 9.17) is 20.8 Å². The minimum atomic E-state index is 0.640. The lowest BCUT2D eigenvalue weighted by molar-refractivity contribution is 0.405. The van der Waals surface area contributed by atoms with Gasteiger partial charge in [-0.1, -0.05) is 35.9 Å². The first-order valence-electron chi connectivity index (χ1n) is 6.73. The van der Waals surface area contributed by atoms with Crippen molar-refractivity contribution in [3.63, 3.8) is 0 Å². The van der Waals surface area contributed by atoms with Gasteiger partial charge in [-0.2, -0.15) is 0 Å². The summed E-state index contributed by atoms with van der Waals surface area (Å²) in [6.07, 6.45) is 1.73. The molecule has 0 saturated carbocycles. The molecule has 112 valence electrons. The Morgan fingerprint density at radius 3 is 2.86 bits per heavy atom. The summed E-state index contributed by atoms with van der Waals surface area (Å²) in [5.74, 6) is 2.89. The number of oxazole rings is 1. The predicted molar refractivity (Wildman–Crippen MR) is 89.5 cm³/mol. The lowest BCUT2D eigenvalue weighted by Gasteiger charge is -2.05. The van der Waals surface area contributed by atoms with Crippen molar-refractivity contribution < 1.29 is 9.15 Å². The first kappa shape index (κ1) is 15.0. The molecule has 5 heteroatoms. The Kier molecular flexibility index (Phi) is 4.71. The van der Waals surface area contributed by atoms with Crippen LogP contribution in [-0.4, -0.2) is 12.1 Å². The minimum absolute atomic E-state index is 0.640. The second kappa shape index (κ2) is 6.90.